The molecule has 2 N–H and O–H groups in total. The molecule has 0 aliphatic carbocycles. The molecule has 2 fully saturated rings. The van der Waals surface area contributed by atoms with Gasteiger partial charge in [-0.15, -0.1) is 0 Å². The summed E-state index contributed by atoms with van der Waals surface area (Å²) in [7, 11) is 2.14. The standard InChI is InChI=1S/C16H24N4O/c1-20-7-4-13(5-8-20)19-16(21)15-11-18-10-14(15)12-3-2-6-17-9-12/h2-3,6,9,13-15,18H,4-5,7-8,10-11H2,1H3,(H,19,21)/t14-,15?/m0/s1. The Labute approximate surface area is 126 Å². The lowest BCUT2D eigenvalue weighted by Crippen LogP contribution is -2.46. The van der Waals surface area contributed by atoms with E-state index in [2.05, 4.69) is 33.6 Å². The maximum absolute atomic E-state index is 12.6. The lowest BCUT2D eigenvalue weighted by atomic mass is 9.89. The summed E-state index contributed by atoms with van der Waals surface area (Å²) < 4.78 is 0. The first-order valence-corrected chi connectivity index (χ1v) is 7.83. The summed E-state index contributed by atoms with van der Waals surface area (Å²) in [5, 5.41) is 6.60. The molecule has 3 rings (SSSR count). The molecule has 0 bridgehead atoms. The number of likely N-dealkylation sites (tertiary alicyclic amines) is 1. The Balaban J connectivity index is 1.61. The summed E-state index contributed by atoms with van der Waals surface area (Å²) in [6.45, 7) is 3.76. The summed E-state index contributed by atoms with van der Waals surface area (Å²) in [4.78, 5) is 19.1. The Hall–Kier alpha value is -1.46. The highest BCUT2D eigenvalue weighted by Crippen LogP contribution is 2.28. The van der Waals surface area contributed by atoms with Gasteiger partial charge in [0.2, 0.25) is 5.91 Å². The van der Waals surface area contributed by atoms with Crippen LogP contribution in [0.2, 0.25) is 0 Å². The van der Waals surface area contributed by atoms with Crippen LogP contribution in [0.15, 0.2) is 24.5 Å². The Morgan fingerprint density at radius 3 is 2.90 bits per heavy atom. The van der Waals surface area contributed by atoms with Crippen LogP contribution in [0.1, 0.15) is 24.3 Å². The Morgan fingerprint density at radius 1 is 1.38 bits per heavy atom. The van der Waals surface area contributed by atoms with Crippen molar-refractivity contribution in [3.8, 4) is 0 Å². The smallest absolute Gasteiger partial charge is 0.225 e. The molecule has 2 aliphatic heterocycles. The zero-order valence-corrected chi connectivity index (χ0v) is 12.6. The minimum atomic E-state index is 0.0221. The zero-order chi connectivity index (χ0) is 14.7. The molecule has 1 unspecified atom stereocenters. The third-order valence-electron chi connectivity index (χ3n) is 4.73. The normalized spacial score (nSPS) is 27.7. The number of rotatable bonds is 3. The van der Waals surface area contributed by atoms with Gasteiger partial charge in [-0.3, -0.25) is 9.78 Å². The Morgan fingerprint density at radius 2 is 2.19 bits per heavy atom. The van der Waals surface area contributed by atoms with Crippen molar-refractivity contribution in [2.24, 2.45) is 5.92 Å². The average Bonchev–Trinajstić information content (AvgIpc) is 3.00. The van der Waals surface area contributed by atoms with Gasteiger partial charge in [-0.2, -0.15) is 0 Å². The van der Waals surface area contributed by atoms with E-state index >= 15 is 0 Å². The lowest BCUT2D eigenvalue weighted by Gasteiger charge is -2.30. The van der Waals surface area contributed by atoms with Gasteiger partial charge in [0, 0.05) is 37.4 Å². The van der Waals surface area contributed by atoms with Gasteiger partial charge in [-0.05, 0) is 44.6 Å². The maximum Gasteiger partial charge on any atom is 0.225 e. The molecule has 2 saturated heterocycles. The topological polar surface area (TPSA) is 57.3 Å². The fourth-order valence-corrected chi connectivity index (χ4v) is 3.36. The van der Waals surface area contributed by atoms with E-state index in [1.807, 2.05) is 12.3 Å². The second kappa shape index (κ2) is 6.54. The van der Waals surface area contributed by atoms with Crippen LogP contribution >= 0.6 is 0 Å². The van der Waals surface area contributed by atoms with Crippen molar-refractivity contribution in [2.75, 3.05) is 33.2 Å². The summed E-state index contributed by atoms with van der Waals surface area (Å²) in [5.74, 6) is 0.460. The molecule has 5 nitrogen and oxygen atoms in total. The van der Waals surface area contributed by atoms with Gasteiger partial charge in [0.15, 0.2) is 0 Å². The lowest BCUT2D eigenvalue weighted by molar-refractivity contribution is -0.125. The molecule has 1 amide bonds. The molecule has 0 saturated carbocycles. The quantitative estimate of drug-likeness (QED) is 0.855. The highest BCUT2D eigenvalue weighted by atomic mass is 16.2. The van der Waals surface area contributed by atoms with Crippen LogP contribution in [0.4, 0.5) is 0 Å². The number of amides is 1. The monoisotopic (exact) mass is 288 g/mol. The van der Waals surface area contributed by atoms with Gasteiger partial charge in [-0.1, -0.05) is 6.07 Å². The molecular formula is C16H24N4O. The van der Waals surface area contributed by atoms with Crippen molar-refractivity contribution in [1.82, 2.24) is 20.5 Å². The van der Waals surface area contributed by atoms with E-state index in [1.54, 1.807) is 6.20 Å². The van der Waals surface area contributed by atoms with Crippen LogP contribution < -0.4 is 10.6 Å². The van der Waals surface area contributed by atoms with Gasteiger partial charge < -0.3 is 15.5 Å². The molecule has 0 spiro atoms. The van der Waals surface area contributed by atoms with Crippen molar-refractivity contribution >= 4 is 5.91 Å². The minimum absolute atomic E-state index is 0.0221. The fraction of sp³-hybridized carbons (Fsp3) is 0.625. The van der Waals surface area contributed by atoms with E-state index in [-0.39, 0.29) is 17.7 Å². The van der Waals surface area contributed by atoms with Crippen LogP contribution in [0.3, 0.4) is 0 Å². The number of piperidine rings is 1. The molecule has 5 heteroatoms. The van der Waals surface area contributed by atoms with E-state index < -0.39 is 0 Å². The van der Waals surface area contributed by atoms with Crippen LogP contribution in [-0.2, 0) is 4.79 Å². The van der Waals surface area contributed by atoms with Gasteiger partial charge in [0.25, 0.3) is 0 Å². The van der Waals surface area contributed by atoms with E-state index in [0.29, 0.717) is 6.04 Å². The van der Waals surface area contributed by atoms with E-state index in [1.165, 1.54) is 0 Å². The molecule has 3 heterocycles. The SMILES string of the molecule is CN1CCC(NC(=O)C2CNC[C@H]2c2cccnc2)CC1. The first kappa shape index (κ1) is 14.5. The minimum Gasteiger partial charge on any atom is -0.353 e. The number of nitrogens with zero attached hydrogens (tertiary/aromatic N) is 2. The zero-order valence-electron chi connectivity index (χ0n) is 12.6. The fourth-order valence-electron chi connectivity index (χ4n) is 3.36. The van der Waals surface area contributed by atoms with Crippen molar-refractivity contribution in [3.05, 3.63) is 30.1 Å². The van der Waals surface area contributed by atoms with Crippen molar-refractivity contribution < 1.29 is 4.79 Å². The molecule has 2 aliphatic rings. The first-order valence-electron chi connectivity index (χ1n) is 7.83. The van der Waals surface area contributed by atoms with E-state index in [0.717, 1.165) is 44.6 Å². The maximum atomic E-state index is 12.6. The van der Waals surface area contributed by atoms with Crippen molar-refractivity contribution in [1.29, 1.82) is 0 Å². The van der Waals surface area contributed by atoms with E-state index in [9.17, 15) is 4.79 Å². The first-order chi connectivity index (χ1) is 10.2. The summed E-state index contributed by atoms with van der Waals surface area (Å²) in [6.07, 6.45) is 5.77. The van der Waals surface area contributed by atoms with Crippen LogP contribution in [0, 0.1) is 5.92 Å². The molecular weight excluding hydrogens is 264 g/mol. The molecule has 0 aromatic carbocycles. The largest absolute Gasteiger partial charge is 0.353 e. The number of nitrogens with one attached hydrogen (secondary N) is 2. The number of hydrogen-bond acceptors (Lipinski definition) is 4. The number of aromatic nitrogens is 1. The van der Waals surface area contributed by atoms with Crippen LogP contribution in [0.25, 0.3) is 0 Å². The van der Waals surface area contributed by atoms with Gasteiger partial charge in [0.1, 0.15) is 0 Å². The molecule has 1 aromatic rings. The molecule has 114 valence electrons. The number of carbonyl (C=O) groups is 1. The molecule has 2 atom stereocenters. The van der Waals surface area contributed by atoms with Gasteiger partial charge >= 0.3 is 0 Å². The highest BCUT2D eigenvalue weighted by molar-refractivity contribution is 5.80. The van der Waals surface area contributed by atoms with E-state index in [4.69, 9.17) is 0 Å². The van der Waals surface area contributed by atoms with Crippen LogP contribution in [-0.4, -0.2) is 55.1 Å². The Kier molecular flexibility index (Phi) is 4.51. The highest BCUT2D eigenvalue weighted by Gasteiger charge is 2.35. The summed E-state index contributed by atoms with van der Waals surface area (Å²) >= 11 is 0. The third kappa shape index (κ3) is 3.41. The number of hydrogen-bond donors (Lipinski definition) is 2. The second-order valence-electron chi connectivity index (χ2n) is 6.24. The molecule has 0 radical (unpaired) electrons. The van der Waals surface area contributed by atoms with Crippen molar-refractivity contribution in [2.45, 2.75) is 24.8 Å². The predicted molar refractivity (Wildman–Crippen MR) is 82.0 cm³/mol. The van der Waals surface area contributed by atoms with Gasteiger partial charge in [0.05, 0.1) is 5.92 Å². The molecule has 21 heavy (non-hydrogen) atoms. The second-order valence-corrected chi connectivity index (χ2v) is 6.24. The Bertz CT molecular complexity index is 470. The number of carbonyl (C=O) groups excluding carboxylic acids is 1. The average molecular weight is 288 g/mol. The van der Waals surface area contributed by atoms with Gasteiger partial charge in [-0.25, -0.2) is 0 Å². The van der Waals surface area contributed by atoms with Crippen molar-refractivity contribution in [3.63, 3.8) is 0 Å². The third-order valence-corrected chi connectivity index (χ3v) is 4.73. The van der Waals surface area contributed by atoms with Crippen LogP contribution in [0.5, 0.6) is 0 Å². The number of pyridine rings is 1. The summed E-state index contributed by atoms with van der Waals surface area (Å²) in [6, 6.07) is 4.35. The molecule has 1 aromatic heterocycles. The predicted octanol–water partition coefficient (Wildman–Crippen LogP) is 0.595. The summed E-state index contributed by atoms with van der Waals surface area (Å²) in [5.41, 5.74) is 1.16.